The number of fused-ring (bicyclic) bond motifs is 1. The van der Waals surface area contributed by atoms with Gasteiger partial charge < -0.3 is 4.74 Å². The fourth-order valence-electron chi connectivity index (χ4n) is 2.16. The number of nitrogens with zero attached hydrogens (tertiary/aromatic N) is 3. The highest BCUT2D eigenvalue weighted by Gasteiger charge is 2.08. The molecule has 0 radical (unpaired) electrons. The van der Waals surface area contributed by atoms with Crippen LogP contribution in [0, 0.1) is 0 Å². The highest BCUT2D eigenvalue weighted by atomic mass is 79.9. The summed E-state index contributed by atoms with van der Waals surface area (Å²) in [5.41, 5.74) is 2.03. The quantitative estimate of drug-likeness (QED) is 0.676. The molecule has 0 unspecified atom stereocenters. The van der Waals surface area contributed by atoms with E-state index in [0.29, 0.717) is 16.1 Å². The van der Waals surface area contributed by atoms with Gasteiger partial charge in [-0.2, -0.15) is 0 Å². The lowest BCUT2D eigenvalue weighted by Gasteiger charge is -2.07. The molecular weight excluding hydrogens is 330 g/mol. The number of imidazole rings is 1. The molecule has 0 saturated heterocycles. The summed E-state index contributed by atoms with van der Waals surface area (Å²) in [5.74, 6) is 1.27. The highest BCUT2D eigenvalue weighted by molar-refractivity contribution is 9.10. The first-order valence-corrected chi connectivity index (χ1v) is 7.81. The number of benzene rings is 1. The molecule has 0 spiro atoms. The maximum atomic E-state index is 5.87. The van der Waals surface area contributed by atoms with Crippen molar-refractivity contribution >= 4 is 21.6 Å². The Morgan fingerprint density at radius 2 is 2.05 bits per heavy atom. The first-order chi connectivity index (χ1) is 10.3. The van der Waals surface area contributed by atoms with Crippen LogP contribution in [-0.2, 0) is 6.42 Å². The Hall–Kier alpha value is -1.88. The van der Waals surface area contributed by atoms with Gasteiger partial charge in [0, 0.05) is 18.6 Å². The summed E-state index contributed by atoms with van der Waals surface area (Å²) in [6, 6.07) is 8.16. The predicted octanol–water partition coefficient (Wildman–Crippen LogP) is 4.63. The van der Waals surface area contributed by atoms with Crippen LogP contribution in [0.5, 0.6) is 11.6 Å². The summed E-state index contributed by atoms with van der Waals surface area (Å²) in [7, 11) is 0. The molecule has 0 fully saturated rings. The van der Waals surface area contributed by atoms with Crippen LogP contribution in [0.25, 0.3) is 5.65 Å². The van der Waals surface area contributed by atoms with Gasteiger partial charge in [0.2, 0.25) is 5.65 Å². The van der Waals surface area contributed by atoms with Crippen LogP contribution in [0.15, 0.2) is 47.5 Å². The van der Waals surface area contributed by atoms with E-state index >= 15 is 0 Å². The van der Waals surface area contributed by atoms with E-state index in [1.54, 1.807) is 6.20 Å². The van der Waals surface area contributed by atoms with E-state index in [4.69, 9.17) is 4.74 Å². The van der Waals surface area contributed by atoms with Crippen LogP contribution in [0.1, 0.15) is 25.3 Å². The molecule has 2 heterocycles. The molecule has 4 nitrogen and oxygen atoms in total. The van der Waals surface area contributed by atoms with E-state index in [2.05, 4.69) is 45.0 Å². The van der Waals surface area contributed by atoms with Crippen LogP contribution in [0.3, 0.4) is 0 Å². The molecule has 5 heteroatoms. The van der Waals surface area contributed by atoms with Crippen molar-refractivity contribution < 1.29 is 4.74 Å². The summed E-state index contributed by atoms with van der Waals surface area (Å²) in [5, 5.41) is 0. The van der Waals surface area contributed by atoms with Gasteiger partial charge in [-0.3, -0.25) is 4.40 Å². The summed E-state index contributed by atoms with van der Waals surface area (Å²) < 4.78 is 8.45. The standard InChI is InChI=1S/C16H16BrN3O/c1-2-3-4-12-5-7-13(8-6-12)21-16-15-18-9-10-20(15)11-14(17)19-16/h5-11H,2-4H2,1H3. The molecular formula is C16H16BrN3O. The van der Waals surface area contributed by atoms with Gasteiger partial charge >= 0.3 is 0 Å². The number of aryl methyl sites for hydroxylation is 1. The van der Waals surface area contributed by atoms with E-state index in [1.807, 2.05) is 28.9 Å². The van der Waals surface area contributed by atoms with Crippen molar-refractivity contribution in [2.24, 2.45) is 0 Å². The van der Waals surface area contributed by atoms with Crippen molar-refractivity contribution in [3.05, 3.63) is 53.0 Å². The second kappa shape index (κ2) is 6.26. The molecule has 2 aromatic heterocycles. The Morgan fingerprint density at radius 3 is 2.81 bits per heavy atom. The van der Waals surface area contributed by atoms with E-state index < -0.39 is 0 Å². The van der Waals surface area contributed by atoms with Crippen LogP contribution >= 0.6 is 15.9 Å². The number of unbranched alkanes of at least 4 members (excludes halogenated alkanes) is 1. The van der Waals surface area contributed by atoms with Crippen LogP contribution in [0.4, 0.5) is 0 Å². The van der Waals surface area contributed by atoms with Gasteiger partial charge in [0.15, 0.2) is 0 Å². The van der Waals surface area contributed by atoms with Crippen molar-refractivity contribution in [3.63, 3.8) is 0 Å². The molecule has 0 saturated carbocycles. The maximum Gasteiger partial charge on any atom is 0.264 e. The van der Waals surface area contributed by atoms with Gasteiger partial charge in [-0.25, -0.2) is 9.97 Å². The third kappa shape index (κ3) is 3.24. The van der Waals surface area contributed by atoms with Crippen molar-refractivity contribution in [3.8, 4) is 11.6 Å². The van der Waals surface area contributed by atoms with Crippen molar-refractivity contribution in [1.82, 2.24) is 14.4 Å². The molecule has 0 aliphatic heterocycles. The first kappa shape index (κ1) is 14.1. The summed E-state index contributed by atoms with van der Waals surface area (Å²) >= 11 is 3.38. The third-order valence-corrected chi connectivity index (χ3v) is 3.65. The van der Waals surface area contributed by atoms with Crippen molar-refractivity contribution in [2.45, 2.75) is 26.2 Å². The third-order valence-electron chi connectivity index (χ3n) is 3.27. The lowest BCUT2D eigenvalue weighted by molar-refractivity contribution is 0.463. The SMILES string of the molecule is CCCCc1ccc(Oc2nc(Br)cn3ccnc23)cc1. The van der Waals surface area contributed by atoms with E-state index in [9.17, 15) is 0 Å². The molecule has 3 rings (SSSR count). The molecule has 0 atom stereocenters. The average Bonchev–Trinajstić information content (AvgIpc) is 2.95. The number of aromatic nitrogens is 3. The van der Waals surface area contributed by atoms with Crippen molar-refractivity contribution in [1.29, 1.82) is 0 Å². The molecule has 21 heavy (non-hydrogen) atoms. The molecule has 0 N–H and O–H groups in total. The Morgan fingerprint density at radius 1 is 1.24 bits per heavy atom. The lowest BCUT2D eigenvalue weighted by atomic mass is 10.1. The van der Waals surface area contributed by atoms with Gasteiger partial charge in [0.1, 0.15) is 10.4 Å². The van der Waals surface area contributed by atoms with Crippen LogP contribution in [0.2, 0.25) is 0 Å². The highest BCUT2D eigenvalue weighted by Crippen LogP contribution is 2.25. The fourth-order valence-corrected chi connectivity index (χ4v) is 2.54. The fraction of sp³-hybridized carbons (Fsp3) is 0.250. The summed E-state index contributed by atoms with van der Waals surface area (Å²) in [6.45, 7) is 2.20. The van der Waals surface area contributed by atoms with Gasteiger partial charge in [0.25, 0.3) is 5.88 Å². The Bertz CT molecular complexity index is 737. The normalized spacial score (nSPS) is 11.0. The van der Waals surface area contributed by atoms with E-state index in [-0.39, 0.29) is 0 Å². The zero-order chi connectivity index (χ0) is 14.7. The zero-order valence-electron chi connectivity index (χ0n) is 11.8. The number of halogens is 1. The average molecular weight is 346 g/mol. The number of rotatable bonds is 5. The number of hydrogen-bond donors (Lipinski definition) is 0. The molecule has 1 aromatic carbocycles. The minimum absolute atomic E-state index is 0.496. The largest absolute Gasteiger partial charge is 0.436 e. The number of ether oxygens (including phenoxy) is 1. The molecule has 3 aromatic rings. The minimum atomic E-state index is 0.496. The molecule has 0 amide bonds. The van der Waals surface area contributed by atoms with Crippen LogP contribution < -0.4 is 4.74 Å². The van der Waals surface area contributed by atoms with Crippen molar-refractivity contribution in [2.75, 3.05) is 0 Å². The Labute approximate surface area is 131 Å². The first-order valence-electron chi connectivity index (χ1n) is 7.02. The Kier molecular flexibility index (Phi) is 4.20. The van der Waals surface area contributed by atoms with Gasteiger partial charge in [-0.05, 0) is 46.5 Å². The topological polar surface area (TPSA) is 39.4 Å². The zero-order valence-corrected chi connectivity index (χ0v) is 13.4. The van der Waals surface area contributed by atoms with Gasteiger partial charge in [-0.1, -0.05) is 25.5 Å². The second-order valence-electron chi connectivity index (χ2n) is 4.88. The monoisotopic (exact) mass is 345 g/mol. The molecule has 0 aliphatic rings. The molecule has 0 bridgehead atoms. The van der Waals surface area contributed by atoms with Gasteiger partial charge in [0.05, 0.1) is 0 Å². The Balaban J connectivity index is 1.83. The van der Waals surface area contributed by atoms with Gasteiger partial charge in [-0.15, -0.1) is 0 Å². The predicted molar refractivity (Wildman–Crippen MR) is 85.8 cm³/mol. The van der Waals surface area contributed by atoms with E-state index in [1.165, 1.54) is 18.4 Å². The van der Waals surface area contributed by atoms with E-state index in [0.717, 1.165) is 12.2 Å². The van der Waals surface area contributed by atoms with Crippen LogP contribution in [-0.4, -0.2) is 14.4 Å². The maximum absolute atomic E-state index is 5.87. The second-order valence-corrected chi connectivity index (χ2v) is 5.69. The molecule has 108 valence electrons. The minimum Gasteiger partial charge on any atom is -0.436 e. The number of hydrogen-bond acceptors (Lipinski definition) is 3. The summed E-state index contributed by atoms with van der Waals surface area (Å²) in [6.07, 6.45) is 8.96. The molecule has 0 aliphatic carbocycles. The summed E-state index contributed by atoms with van der Waals surface area (Å²) in [4.78, 5) is 8.62. The lowest BCUT2D eigenvalue weighted by Crippen LogP contribution is -1.95. The smallest absolute Gasteiger partial charge is 0.264 e.